The summed E-state index contributed by atoms with van der Waals surface area (Å²) in [5, 5.41) is 0. The van der Waals surface area contributed by atoms with Crippen molar-refractivity contribution in [1.82, 2.24) is 4.90 Å². The number of carbonyl (C=O) groups is 1. The number of rotatable bonds is 3. The lowest BCUT2D eigenvalue weighted by atomic mass is 10.0. The Morgan fingerprint density at radius 2 is 2.00 bits per heavy atom. The second-order valence-electron chi connectivity index (χ2n) is 4.86. The molecule has 0 fully saturated rings. The zero-order chi connectivity index (χ0) is 13.1. The molecule has 0 radical (unpaired) electrons. The van der Waals surface area contributed by atoms with E-state index >= 15 is 0 Å². The summed E-state index contributed by atoms with van der Waals surface area (Å²) in [5.41, 5.74) is 0.550. The minimum Gasteiger partial charge on any atom is -0.330 e. The lowest BCUT2D eigenvalue weighted by molar-refractivity contribution is 0.0615. The van der Waals surface area contributed by atoms with Crippen LogP contribution in [0.4, 0.5) is 0 Å². The summed E-state index contributed by atoms with van der Waals surface area (Å²) in [6, 6.07) is 7.64. The number of halogens is 1. The predicted molar refractivity (Wildman–Crippen MR) is 80.1 cm³/mol. The van der Waals surface area contributed by atoms with Gasteiger partial charge in [-0.05, 0) is 55.5 Å². The van der Waals surface area contributed by atoms with Gasteiger partial charge >= 0.3 is 0 Å². The van der Waals surface area contributed by atoms with Crippen LogP contribution in [-0.4, -0.2) is 22.9 Å². The van der Waals surface area contributed by atoms with Crippen LogP contribution in [0.5, 0.6) is 0 Å². The van der Waals surface area contributed by atoms with Crippen LogP contribution in [0.25, 0.3) is 0 Å². The molecular formula is C14H18INO. The van der Waals surface area contributed by atoms with E-state index in [9.17, 15) is 4.79 Å². The minimum atomic E-state index is -0.204. The number of nitrogens with zero attached hydrogens (tertiary/aromatic N) is 1. The first kappa shape index (κ1) is 14.2. The van der Waals surface area contributed by atoms with Crippen molar-refractivity contribution in [2.24, 2.45) is 0 Å². The molecule has 0 aliphatic carbocycles. The Bertz CT molecular complexity index is 420. The van der Waals surface area contributed by atoms with Crippen molar-refractivity contribution in [3.05, 3.63) is 46.1 Å². The van der Waals surface area contributed by atoms with Gasteiger partial charge in [0.2, 0.25) is 0 Å². The summed E-state index contributed by atoms with van der Waals surface area (Å²) in [7, 11) is 0. The van der Waals surface area contributed by atoms with Crippen LogP contribution in [0.1, 0.15) is 31.1 Å². The fourth-order valence-corrected chi connectivity index (χ4v) is 2.19. The smallest absolute Gasteiger partial charge is 0.255 e. The van der Waals surface area contributed by atoms with Crippen LogP contribution in [-0.2, 0) is 0 Å². The van der Waals surface area contributed by atoms with Crippen molar-refractivity contribution < 1.29 is 4.79 Å². The second-order valence-corrected chi connectivity index (χ2v) is 6.02. The molecule has 1 rings (SSSR count). The first-order valence-corrected chi connectivity index (χ1v) is 6.63. The SMILES string of the molecule is C=CCN(C(=O)c1ccccc1I)C(C)(C)C. The highest BCUT2D eigenvalue weighted by Gasteiger charge is 2.27. The lowest BCUT2D eigenvalue weighted by Gasteiger charge is -2.35. The molecule has 0 saturated heterocycles. The fraction of sp³-hybridized carbons (Fsp3) is 0.357. The van der Waals surface area contributed by atoms with E-state index in [0.29, 0.717) is 6.54 Å². The van der Waals surface area contributed by atoms with Crippen molar-refractivity contribution in [3.63, 3.8) is 0 Å². The van der Waals surface area contributed by atoms with Crippen molar-refractivity contribution in [3.8, 4) is 0 Å². The van der Waals surface area contributed by atoms with E-state index in [-0.39, 0.29) is 11.4 Å². The molecule has 0 saturated carbocycles. The standard InChI is InChI=1S/C14H18INO/c1-5-10-16(14(2,3)4)13(17)11-8-6-7-9-12(11)15/h5-9H,1,10H2,2-4H3. The molecule has 0 bridgehead atoms. The van der Waals surface area contributed by atoms with E-state index in [1.807, 2.05) is 49.9 Å². The van der Waals surface area contributed by atoms with Crippen molar-refractivity contribution >= 4 is 28.5 Å². The average molecular weight is 343 g/mol. The molecule has 2 nitrogen and oxygen atoms in total. The normalized spacial score (nSPS) is 11.1. The number of carbonyl (C=O) groups excluding carboxylic acids is 1. The van der Waals surface area contributed by atoms with E-state index in [0.717, 1.165) is 9.13 Å². The summed E-state index contributed by atoms with van der Waals surface area (Å²) in [6.45, 7) is 10.4. The Kier molecular flexibility index (Phi) is 4.74. The molecule has 0 atom stereocenters. The monoisotopic (exact) mass is 343 g/mol. The van der Waals surface area contributed by atoms with Gasteiger partial charge in [0.25, 0.3) is 5.91 Å². The molecule has 92 valence electrons. The first-order chi connectivity index (χ1) is 7.88. The van der Waals surface area contributed by atoms with E-state index in [2.05, 4.69) is 29.2 Å². The number of hydrogen-bond donors (Lipinski definition) is 0. The van der Waals surface area contributed by atoms with Gasteiger partial charge in [0.05, 0.1) is 5.56 Å². The maximum absolute atomic E-state index is 12.5. The topological polar surface area (TPSA) is 20.3 Å². The Hall–Kier alpha value is -0.840. The maximum Gasteiger partial charge on any atom is 0.255 e. The van der Waals surface area contributed by atoms with E-state index < -0.39 is 0 Å². The molecule has 0 unspecified atom stereocenters. The predicted octanol–water partition coefficient (Wildman–Crippen LogP) is 3.72. The van der Waals surface area contributed by atoms with Crippen LogP contribution in [0.3, 0.4) is 0 Å². The molecule has 0 aliphatic heterocycles. The Balaban J connectivity index is 3.09. The van der Waals surface area contributed by atoms with Crippen LogP contribution in [0.15, 0.2) is 36.9 Å². The number of hydrogen-bond acceptors (Lipinski definition) is 1. The Labute approximate surface area is 117 Å². The zero-order valence-corrected chi connectivity index (χ0v) is 12.7. The molecule has 0 heterocycles. The third-order valence-corrected chi connectivity index (χ3v) is 3.41. The summed E-state index contributed by atoms with van der Waals surface area (Å²) in [5.74, 6) is 0.0578. The maximum atomic E-state index is 12.5. The molecule has 0 aliphatic rings. The highest BCUT2D eigenvalue weighted by Crippen LogP contribution is 2.20. The van der Waals surface area contributed by atoms with Gasteiger partial charge in [-0.25, -0.2) is 0 Å². The second kappa shape index (κ2) is 5.67. The summed E-state index contributed by atoms with van der Waals surface area (Å²) in [4.78, 5) is 14.3. The Morgan fingerprint density at radius 3 is 2.47 bits per heavy atom. The highest BCUT2D eigenvalue weighted by atomic mass is 127. The average Bonchev–Trinajstić information content (AvgIpc) is 2.24. The molecule has 17 heavy (non-hydrogen) atoms. The molecule has 0 N–H and O–H groups in total. The molecule has 1 aromatic rings. The fourth-order valence-electron chi connectivity index (χ4n) is 1.57. The van der Waals surface area contributed by atoms with Gasteiger partial charge in [0.15, 0.2) is 0 Å². The van der Waals surface area contributed by atoms with Crippen molar-refractivity contribution in [2.45, 2.75) is 26.3 Å². The third kappa shape index (κ3) is 3.56. The van der Waals surface area contributed by atoms with Crippen LogP contribution in [0, 0.1) is 3.57 Å². The molecule has 0 spiro atoms. The molecular weight excluding hydrogens is 325 g/mol. The summed E-state index contributed by atoms with van der Waals surface area (Å²) >= 11 is 2.19. The van der Waals surface area contributed by atoms with Gasteiger partial charge in [-0.15, -0.1) is 6.58 Å². The van der Waals surface area contributed by atoms with Gasteiger partial charge in [0.1, 0.15) is 0 Å². The number of amides is 1. The minimum absolute atomic E-state index is 0.0578. The van der Waals surface area contributed by atoms with Crippen molar-refractivity contribution in [2.75, 3.05) is 6.54 Å². The molecule has 1 aromatic carbocycles. The largest absolute Gasteiger partial charge is 0.330 e. The van der Waals surface area contributed by atoms with Gasteiger partial charge < -0.3 is 4.90 Å². The van der Waals surface area contributed by atoms with Crippen LogP contribution < -0.4 is 0 Å². The summed E-state index contributed by atoms with van der Waals surface area (Å²) < 4.78 is 0.980. The van der Waals surface area contributed by atoms with Gasteiger partial charge in [-0.1, -0.05) is 18.2 Å². The Morgan fingerprint density at radius 1 is 1.41 bits per heavy atom. The van der Waals surface area contributed by atoms with E-state index in [1.54, 1.807) is 6.08 Å². The van der Waals surface area contributed by atoms with Gasteiger partial charge in [-0.3, -0.25) is 4.79 Å². The van der Waals surface area contributed by atoms with E-state index in [4.69, 9.17) is 0 Å². The third-order valence-electron chi connectivity index (χ3n) is 2.47. The first-order valence-electron chi connectivity index (χ1n) is 5.55. The summed E-state index contributed by atoms with van der Waals surface area (Å²) in [6.07, 6.45) is 1.76. The molecule has 1 amide bonds. The van der Waals surface area contributed by atoms with E-state index in [1.165, 1.54) is 0 Å². The lowest BCUT2D eigenvalue weighted by Crippen LogP contribution is -2.45. The highest BCUT2D eigenvalue weighted by molar-refractivity contribution is 14.1. The zero-order valence-electron chi connectivity index (χ0n) is 10.5. The molecule has 0 aromatic heterocycles. The quantitative estimate of drug-likeness (QED) is 0.605. The number of benzene rings is 1. The van der Waals surface area contributed by atoms with Gasteiger partial charge in [0, 0.05) is 15.7 Å². The molecule has 3 heteroatoms. The van der Waals surface area contributed by atoms with Crippen molar-refractivity contribution in [1.29, 1.82) is 0 Å². The van der Waals surface area contributed by atoms with Crippen LogP contribution >= 0.6 is 22.6 Å². The van der Waals surface area contributed by atoms with Crippen LogP contribution in [0.2, 0.25) is 0 Å². The van der Waals surface area contributed by atoms with Gasteiger partial charge in [-0.2, -0.15) is 0 Å².